The molecule has 1 aromatic rings. The summed E-state index contributed by atoms with van der Waals surface area (Å²) >= 11 is 0. The second-order valence-corrected chi connectivity index (χ2v) is 9.63. The Labute approximate surface area is 159 Å². The first-order valence-corrected chi connectivity index (χ1v) is 11.0. The van der Waals surface area contributed by atoms with E-state index in [4.69, 9.17) is 0 Å². The molecule has 0 aromatic heterocycles. The van der Waals surface area contributed by atoms with E-state index in [0.717, 1.165) is 16.7 Å². The fourth-order valence-electron chi connectivity index (χ4n) is 3.57. The fourth-order valence-corrected chi connectivity index (χ4v) is 5.26. The van der Waals surface area contributed by atoms with E-state index < -0.39 is 15.9 Å². The lowest BCUT2D eigenvalue weighted by atomic mass is 9.99. The van der Waals surface area contributed by atoms with Crippen LogP contribution in [0.5, 0.6) is 0 Å². The molecule has 1 fully saturated rings. The number of hydrazone groups is 1. The summed E-state index contributed by atoms with van der Waals surface area (Å²) in [6.07, 6.45) is 0.798. The van der Waals surface area contributed by atoms with Crippen LogP contribution in [-0.4, -0.2) is 48.5 Å². The van der Waals surface area contributed by atoms with Crippen molar-refractivity contribution in [2.45, 2.75) is 52.1 Å². The van der Waals surface area contributed by atoms with Gasteiger partial charge in [0.25, 0.3) is 5.91 Å². The number of rotatable bonds is 4. The smallest absolute Gasteiger partial charge is 0.267 e. The molecule has 27 heavy (non-hydrogen) atoms. The Bertz CT molecular complexity index is 908. The number of benzene rings is 1. The van der Waals surface area contributed by atoms with Crippen LogP contribution in [0.4, 0.5) is 0 Å². The molecule has 146 valence electrons. The molecule has 8 heteroatoms. The van der Waals surface area contributed by atoms with Gasteiger partial charge in [-0.1, -0.05) is 23.8 Å². The van der Waals surface area contributed by atoms with Gasteiger partial charge in [0.1, 0.15) is 5.71 Å². The van der Waals surface area contributed by atoms with E-state index in [1.165, 1.54) is 5.01 Å². The van der Waals surface area contributed by atoms with Crippen LogP contribution in [0.1, 0.15) is 48.9 Å². The third-order valence-corrected chi connectivity index (χ3v) is 6.88. The minimum absolute atomic E-state index is 0.0577. The molecular formula is C19H25N3O4S. The molecule has 0 bridgehead atoms. The van der Waals surface area contributed by atoms with Crippen LogP contribution in [-0.2, 0) is 19.4 Å². The van der Waals surface area contributed by atoms with Crippen LogP contribution < -0.4 is 5.32 Å². The second-order valence-electron chi connectivity index (χ2n) is 7.40. The summed E-state index contributed by atoms with van der Waals surface area (Å²) in [7, 11) is -3.13. The van der Waals surface area contributed by atoms with Crippen molar-refractivity contribution < 1.29 is 18.0 Å². The van der Waals surface area contributed by atoms with E-state index >= 15 is 0 Å². The van der Waals surface area contributed by atoms with E-state index in [9.17, 15) is 18.0 Å². The molecule has 0 spiro atoms. The van der Waals surface area contributed by atoms with Crippen LogP contribution >= 0.6 is 0 Å². The zero-order chi connectivity index (χ0) is 19.8. The van der Waals surface area contributed by atoms with E-state index in [1.54, 1.807) is 0 Å². The van der Waals surface area contributed by atoms with Crippen molar-refractivity contribution in [3.05, 3.63) is 34.9 Å². The first-order chi connectivity index (χ1) is 12.7. The Kier molecular flexibility index (Phi) is 5.37. The summed E-state index contributed by atoms with van der Waals surface area (Å²) in [6.45, 7) is 5.91. The zero-order valence-corrected chi connectivity index (χ0v) is 16.7. The Morgan fingerprint density at radius 2 is 2.04 bits per heavy atom. The maximum atomic E-state index is 12.7. The van der Waals surface area contributed by atoms with Crippen LogP contribution in [0.15, 0.2) is 23.3 Å². The van der Waals surface area contributed by atoms with Crippen LogP contribution in [0.25, 0.3) is 0 Å². The number of amides is 2. The average molecular weight is 391 g/mol. The van der Waals surface area contributed by atoms with Gasteiger partial charge in [0, 0.05) is 12.8 Å². The normalized spacial score (nSPS) is 23.1. The lowest BCUT2D eigenvalue weighted by molar-refractivity contribution is -0.133. The molecule has 2 aliphatic heterocycles. The Morgan fingerprint density at radius 3 is 2.70 bits per heavy atom. The molecule has 2 atom stereocenters. The monoisotopic (exact) mass is 391 g/mol. The van der Waals surface area contributed by atoms with Gasteiger partial charge < -0.3 is 5.32 Å². The number of hydrogen-bond acceptors (Lipinski definition) is 5. The van der Waals surface area contributed by atoms with Gasteiger partial charge in [-0.3, -0.25) is 9.59 Å². The average Bonchev–Trinajstić information content (AvgIpc) is 2.97. The predicted molar refractivity (Wildman–Crippen MR) is 103 cm³/mol. The molecule has 1 saturated heterocycles. The van der Waals surface area contributed by atoms with E-state index in [0.29, 0.717) is 6.42 Å². The summed E-state index contributed by atoms with van der Waals surface area (Å²) in [6, 6.07) is 5.42. The summed E-state index contributed by atoms with van der Waals surface area (Å²) in [5.74, 6) is -0.573. The highest BCUT2D eigenvalue weighted by Gasteiger charge is 2.37. The molecule has 2 amide bonds. The SMILES string of the molecule is Cc1ccc(C)c(C(C)NC(=O)C2=NN(C3CCS(=O)(=O)C3)C(=O)CC2)c1. The van der Waals surface area contributed by atoms with Crippen molar-refractivity contribution in [2.24, 2.45) is 5.10 Å². The predicted octanol–water partition coefficient (Wildman–Crippen LogP) is 1.65. The molecule has 0 radical (unpaired) electrons. The van der Waals surface area contributed by atoms with Gasteiger partial charge in [-0.2, -0.15) is 5.10 Å². The number of sulfone groups is 1. The summed E-state index contributed by atoms with van der Waals surface area (Å²) < 4.78 is 23.4. The number of carbonyl (C=O) groups excluding carboxylic acids is 2. The highest BCUT2D eigenvalue weighted by molar-refractivity contribution is 7.91. The maximum Gasteiger partial charge on any atom is 0.267 e. The zero-order valence-electron chi connectivity index (χ0n) is 15.9. The molecule has 0 saturated carbocycles. The second kappa shape index (κ2) is 7.42. The number of aryl methyl sites for hydroxylation is 2. The largest absolute Gasteiger partial charge is 0.344 e. The van der Waals surface area contributed by atoms with Crippen molar-refractivity contribution in [1.29, 1.82) is 0 Å². The Hall–Kier alpha value is -2.22. The Morgan fingerprint density at radius 1 is 1.30 bits per heavy atom. The first kappa shape index (κ1) is 19.5. The van der Waals surface area contributed by atoms with Crippen molar-refractivity contribution in [2.75, 3.05) is 11.5 Å². The molecule has 3 rings (SSSR count). The topological polar surface area (TPSA) is 95.9 Å². The number of nitrogens with zero attached hydrogens (tertiary/aromatic N) is 2. The van der Waals surface area contributed by atoms with Crippen molar-refractivity contribution >= 4 is 27.4 Å². The van der Waals surface area contributed by atoms with Crippen molar-refractivity contribution in [3.8, 4) is 0 Å². The third kappa shape index (κ3) is 4.37. The van der Waals surface area contributed by atoms with Gasteiger partial charge in [0.05, 0.1) is 23.6 Å². The van der Waals surface area contributed by atoms with Crippen LogP contribution in [0, 0.1) is 13.8 Å². The van der Waals surface area contributed by atoms with Crippen molar-refractivity contribution in [1.82, 2.24) is 10.3 Å². The minimum atomic E-state index is -3.13. The molecule has 0 aliphatic carbocycles. The van der Waals surface area contributed by atoms with Gasteiger partial charge in [-0.05, 0) is 38.3 Å². The van der Waals surface area contributed by atoms with Gasteiger partial charge in [0.2, 0.25) is 5.91 Å². The molecule has 2 unspecified atom stereocenters. The minimum Gasteiger partial charge on any atom is -0.344 e. The lowest BCUT2D eigenvalue weighted by Crippen LogP contribution is -2.44. The number of hydrogen-bond donors (Lipinski definition) is 1. The van der Waals surface area contributed by atoms with Gasteiger partial charge in [-0.25, -0.2) is 13.4 Å². The third-order valence-electron chi connectivity index (χ3n) is 5.12. The maximum absolute atomic E-state index is 12.7. The van der Waals surface area contributed by atoms with Crippen molar-refractivity contribution in [3.63, 3.8) is 0 Å². The molecule has 2 heterocycles. The standard InChI is InChI=1S/C19H25N3O4S/c1-12-4-5-13(2)16(10-12)14(3)20-19(24)17-6-7-18(23)22(21-17)15-8-9-27(25,26)11-15/h4-5,10,14-15H,6-9,11H2,1-3H3,(H,20,24). The highest BCUT2D eigenvalue weighted by Crippen LogP contribution is 2.23. The van der Waals surface area contributed by atoms with Gasteiger partial charge in [-0.15, -0.1) is 0 Å². The van der Waals surface area contributed by atoms with E-state index in [1.807, 2.05) is 39.0 Å². The quantitative estimate of drug-likeness (QED) is 0.844. The summed E-state index contributed by atoms with van der Waals surface area (Å²) in [4.78, 5) is 24.9. The highest BCUT2D eigenvalue weighted by atomic mass is 32.2. The lowest BCUT2D eigenvalue weighted by Gasteiger charge is -2.28. The van der Waals surface area contributed by atoms with Crippen LogP contribution in [0.3, 0.4) is 0 Å². The molecular weight excluding hydrogens is 366 g/mol. The van der Waals surface area contributed by atoms with Gasteiger partial charge in [0.15, 0.2) is 9.84 Å². The van der Waals surface area contributed by atoms with E-state index in [-0.39, 0.29) is 47.9 Å². The molecule has 7 nitrogen and oxygen atoms in total. The van der Waals surface area contributed by atoms with Gasteiger partial charge >= 0.3 is 0 Å². The first-order valence-electron chi connectivity index (χ1n) is 9.14. The summed E-state index contributed by atoms with van der Waals surface area (Å²) in [5.41, 5.74) is 3.52. The number of carbonyl (C=O) groups is 2. The fraction of sp³-hybridized carbons (Fsp3) is 0.526. The molecule has 1 aromatic carbocycles. The number of nitrogens with one attached hydrogen (secondary N) is 1. The molecule has 2 aliphatic rings. The van der Waals surface area contributed by atoms with Crippen LogP contribution in [0.2, 0.25) is 0 Å². The van der Waals surface area contributed by atoms with E-state index in [2.05, 4.69) is 10.4 Å². The Balaban J connectivity index is 1.74. The summed E-state index contributed by atoms with van der Waals surface area (Å²) in [5, 5.41) is 8.39. The molecule has 1 N–H and O–H groups in total.